The van der Waals surface area contributed by atoms with E-state index >= 15 is 0 Å². The summed E-state index contributed by atoms with van der Waals surface area (Å²) in [5.74, 6) is -0.192. The van der Waals surface area contributed by atoms with Gasteiger partial charge in [0.05, 0.1) is 12.1 Å². The van der Waals surface area contributed by atoms with Gasteiger partial charge in [-0.1, -0.05) is 54.6 Å². The molecule has 2 heterocycles. The van der Waals surface area contributed by atoms with E-state index in [-0.39, 0.29) is 11.8 Å². The molecule has 0 unspecified atom stereocenters. The van der Waals surface area contributed by atoms with E-state index in [4.69, 9.17) is 4.98 Å². The van der Waals surface area contributed by atoms with Crippen LogP contribution in [0.1, 0.15) is 21.5 Å². The Morgan fingerprint density at radius 1 is 1.00 bits per heavy atom. The van der Waals surface area contributed by atoms with Crippen LogP contribution >= 0.6 is 11.3 Å². The number of aromatic nitrogens is 1. The van der Waals surface area contributed by atoms with Crippen molar-refractivity contribution in [2.24, 2.45) is 0 Å². The van der Waals surface area contributed by atoms with Crippen molar-refractivity contribution in [1.82, 2.24) is 10.3 Å². The van der Waals surface area contributed by atoms with Crippen molar-refractivity contribution >= 4 is 28.8 Å². The topological polar surface area (TPSA) is 71.1 Å². The molecule has 2 amide bonds. The minimum atomic E-state index is -0.154. The molecule has 1 aliphatic heterocycles. The number of nitrogens with zero attached hydrogens (tertiary/aromatic N) is 1. The van der Waals surface area contributed by atoms with E-state index < -0.39 is 0 Å². The van der Waals surface area contributed by atoms with E-state index in [1.165, 1.54) is 0 Å². The Bertz CT molecular complexity index is 1260. The molecule has 3 aromatic carbocycles. The fourth-order valence-corrected chi connectivity index (χ4v) is 4.40. The van der Waals surface area contributed by atoms with E-state index in [0.29, 0.717) is 18.5 Å². The molecule has 31 heavy (non-hydrogen) atoms. The van der Waals surface area contributed by atoms with Gasteiger partial charge in [-0.05, 0) is 29.3 Å². The van der Waals surface area contributed by atoms with E-state index in [1.807, 2.05) is 42.5 Å². The first-order chi connectivity index (χ1) is 15.2. The van der Waals surface area contributed by atoms with E-state index in [1.54, 1.807) is 29.5 Å². The van der Waals surface area contributed by atoms with Crippen molar-refractivity contribution < 1.29 is 9.59 Å². The maximum atomic E-state index is 12.5. The number of amides is 2. The van der Waals surface area contributed by atoms with Crippen LogP contribution in [0.3, 0.4) is 0 Å². The Morgan fingerprint density at radius 3 is 2.61 bits per heavy atom. The molecule has 2 N–H and O–H groups in total. The number of benzene rings is 3. The van der Waals surface area contributed by atoms with Gasteiger partial charge in [-0.25, -0.2) is 4.98 Å². The van der Waals surface area contributed by atoms with Gasteiger partial charge in [0.2, 0.25) is 5.91 Å². The quantitative estimate of drug-likeness (QED) is 0.478. The third-order valence-corrected chi connectivity index (χ3v) is 6.11. The number of hydrogen-bond donors (Lipinski definition) is 2. The highest BCUT2D eigenvalue weighted by Gasteiger charge is 2.19. The molecule has 5 nitrogen and oxygen atoms in total. The zero-order valence-corrected chi connectivity index (χ0v) is 17.4. The second-order valence-corrected chi connectivity index (χ2v) is 8.24. The monoisotopic (exact) mass is 425 g/mol. The molecule has 152 valence electrons. The van der Waals surface area contributed by atoms with Gasteiger partial charge in [-0.2, -0.15) is 0 Å². The fourth-order valence-electron chi connectivity index (χ4n) is 3.57. The average Bonchev–Trinajstić information content (AvgIpc) is 3.44. The van der Waals surface area contributed by atoms with Crippen LogP contribution in [-0.2, 0) is 17.8 Å². The zero-order valence-electron chi connectivity index (χ0n) is 16.6. The Balaban J connectivity index is 1.23. The number of fused-ring (bicyclic) bond motifs is 1. The maximum Gasteiger partial charge on any atom is 0.251 e. The third kappa shape index (κ3) is 4.11. The number of nitrogens with one attached hydrogen (secondary N) is 2. The van der Waals surface area contributed by atoms with Crippen LogP contribution in [0, 0.1) is 0 Å². The summed E-state index contributed by atoms with van der Waals surface area (Å²) in [6.45, 7) is 0.431. The molecule has 0 atom stereocenters. The number of anilines is 1. The Kier molecular flexibility index (Phi) is 5.06. The molecule has 0 aliphatic carbocycles. The van der Waals surface area contributed by atoms with Crippen LogP contribution in [0.5, 0.6) is 0 Å². The Labute approximate surface area is 183 Å². The van der Waals surface area contributed by atoms with E-state index in [9.17, 15) is 9.59 Å². The first kappa shape index (κ1) is 19.2. The minimum absolute atomic E-state index is 0.0382. The van der Waals surface area contributed by atoms with Gasteiger partial charge in [-0.3, -0.25) is 9.59 Å². The fraction of sp³-hybridized carbons (Fsp3) is 0.0800. The van der Waals surface area contributed by atoms with Crippen LogP contribution in [0.15, 0.2) is 78.2 Å². The van der Waals surface area contributed by atoms with E-state index in [2.05, 4.69) is 28.1 Å². The Morgan fingerprint density at radius 2 is 1.81 bits per heavy atom. The summed E-state index contributed by atoms with van der Waals surface area (Å²) in [6.07, 6.45) is 0.320. The van der Waals surface area contributed by atoms with Gasteiger partial charge in [-0.15, -0.1) is 11.3 Å². The Hall–Kier alpha value is -3.77. The normalized spacial score (nSPS) is 12.3. The lowest BCUT2D eigenvalue weighted by Crippen LogP contribution is -2.22. The van der Waals surface area contributed by atoms with Crippen LogP contribution < -0.4 is 10.6 Å². The lowest BCUT2D eigenvalue weighted by atomic mass is 10.1. The molecule has 0 saturated carbocycles. The predicted octanol–water partition coefficient (Wildman–Crippen LogP) is 4.90. The highest BCUT2D eigenvalue weighted by atomic mass is 32.1. The number of thiazole rings is 1. The van der Waals surface area contributed by atoms with Crippen molar-refractivity contribution in [1.29, 1.82) is 0 Å². The molecular weight excluding hydrogens is 406 g/mol. The van der Waals surface area contributed by atoms with Crippen LogP contribution in [-0.4, -0.2) is 16.8 Å². The molecule has 4 aromatic rings. The summed E-state index contributed by atoms with van der Waals surface area (Å²) in [4.78, 5) is 28.7. The predicted molar refractivity (Wildman–Crippen MR) is 123 cm³/mol. The maximum absolute atomic E-state index is 12.5. The van der Waals surface area contributed by atoms with Crippen molar-refractivity contribution in [2.45, 2.75) is 13.0 Å². The second kappa shape index (κ2) is 8.16. The summed E-state index contributed by atoms with van der Waals surface area (Å²) < 4.78 is 0. The molecule has 0 saturated heterocycles. The minimum Gasteiger partial charge on any atom is -0.348 e. The molecule has 0 bridgehead atoms. The number of carbonyl (C=O) groups excluding carboxylic acids is 2. The number of carbonyl (C=O) groups is 2. The third-order valence-electron chi connectivity index (χ3n) is 5.22. The van der Waals surface area contributed by atoms with Crippen molar-refractivity contribution in [3.63, 3.8) is 0 Å². The smallest absolute Gasteiger partial charge is 0.251 e. The molecule has 0 spiro atoms. The van der Waals surface area contributed by atoms with Crippen molar-refractivity contribution in [2.75, 3.05) is 5.32 Å². The molecule has 1 aromatic heterocycles. The summed E-state index contributed by atoms with van der Waals surface area (Å²) >= 11 is 1.62. The van der Waals surface area contributed by atoms with Gasteiger partial charge >= 0.3 is 0 Å². The van der Waals surface area contributed by atoms with Gasteiger partial charge in [0.25, 0.3) is 5.91 Å². The second-order valence-electron chi connectivity index (χ2n) is 7.38. The van der Waals surface area contributed by atoms with Gasteiger partial charge in [0.1, 0.15) is 5.01 Å². The summed E-state index contributed by atoms with van der Waals surface area (Å²) in [6, 6.07) is 23.5. The van der Waals surface area contributed by atoms with Crippen molar-refractivity contribution in [3.8, 4) is 21.8 Å². The average molecular weight is 426 g/mol. The highest BCUT2D eigenvalue weighted by Crippen LogP contribution is 2.29. The standard InChI is InChI=1S/C25H19N3O2S/c29-23-13-20-12-19(10-11-21(20)27-23)24(30)26-14-16-6-8-18(9-7-16)25-28-22(15-31-25)17-4-2-1-3-5-17/h1-12,15H,13-14H2,(H,26,30)(H,27,29). The first-order valence-corrected chi connectivity index (χ1v) is 10.8. The van der Waals surface area contributed by atoms with Gasteiger partial charge < -0.3 is 10.6 Å². The summed E-state index contributed by atoms with van der Waals surface area (Å²) in [7, 11) is 0. The molecule has 0 radical (unpaired) electrons. The molecule has 0 fully saturated rings. The summed E-state index contributed by atoms with van der Waals surface area (Å²) in [5.41, 5.74) is 6.35. The number of hydrogen-bond acceptors (Lipinski definition) is 4. The highest BCUT2D eigenvalue weighted by molar-refractivity contribution is 7.13. The van der Waals surface area contributed by atoms with Gasteiger partial charge in [0.15, 0.2) is 0 Å². The summed E-state index contributed by atoms with van der Waals surface area (Å²) in [5, 5.41) is 8.76. The van der Waals surface area contributed by atoms with Gasteiger partial charge in [0, 0.05) is 34.3 Å². The largest absolute Gasteiger partial charge is 0.348 e. The van der Waals surface area contributed by atoms with E-state index in [0.717, 1.165) is 38.6 Å². The lowest BCUT2D eigenvalue weighted by molar-refractivity contribution is -0.115. The van der Waals surface area contributed by atoms with Crippen LogP contribution in [0.25, 0.3) is 21.8 Å². The molecule has 1 aliphatic rings. The number of rotatable bonds is 5. The van der Waals surface area contributed by atoms with Crippen LogP contribution in [0.2, 0.25) is 0 Å². The molecule has 6 heteroatoms. The SMILES string of the molecule is O=C1Cc2cc(C(=O)NCc3ccc(-c4nc(-c5ccccc5)cs4)cc3)ccc2N1. The van der Waals surface area contributed by atoms with Crippen molar-refractivity contribution in [3.05, 3.63) is 94.9 Å². The van der Waals surface area contributed by atoms with Crippen LogP contribution in [0.4, 0.5) is 5.69 Å². The zero-order chi connectivity index (χ0) is 21.2. The molecular formula is C25H19N3O2S. The first-order valence-electron chi connectivity index (χ1n) is 9.97. The lowest BCUT2D eigenvalue weighted by Gasteiger charge is -2.07. The molecule has 5 rings (SSSR count).